The molecule has 2 aliphatic rings. The van der Waals surface area contributed by atoms with E-state index in [0.717, 1.165) is 61.4 Å². The fourth-order valence-corrected chi connectivity index (χ4v) is 4.95. The number of aromatic nitrogens is 4. The van der Waals surface area contributed by atoms with E-state index >= 15 is 0 Å². The van der Waals surface area contributed by atoms with Crippen LogP contribution in [0.25, 0.3) is 17.1 Å². The summed E-state index contributed by atoms with van der Waals surface area (Å²) < 4.78 is 0. The van der Waals surface area contributed by atoms with E-state index in [2.05, 4.69) is 48.0 Å². The normalized spacial score (nSPS) is 21.7. The van der Waals surface area contributed by atoms with Crippen LogP contribution in [0.3, 0.4) is 0 Å². The van der Waals surface area contributed by atoms with Crippen molar-refractivity contribution in [3.63, 3.8) is 0 Å². The van der Waals surface area contributed by atoms with E-state index in [0.29, 0.717) is 28.6 Å². The summed E-state index contributed by atoms with van der Waals surface area (Å²) in [6.07, 6.45) is 11.9. The molecule has 0 bridgehead atoms. The molecule has 0 atom stereocenters. The molecule has 10 heteroatoms. The maximum atomic E-state index is 11.7. The number of hydrogen-bond donors (Lipinski definition) is 3. The van der Waals surface area contributed by atoms with Crippen molar-refractivity contribution < 1.29 is 9.59 Å². The molecule has 9 nitrogen and oxygen atoms in total. The molecule has 2 aromatic heterocycles. The Morgan fingerprint density at radius 2 is 1.76 bits per heavy atom. The van der Waals surface area contributed by atoms with E-state index in [1.165, 1.54) is 5.56 Å². The van der Waals surface area contributed by atoms with E-state index in [9.17, 15) is 9.59 Å². The quantitative estimate of drug-likeness (QED) is 0.442. The van der Waals surface area contributed by atoms with Crippen molar-refractivity contribution in [2.24, 2.45) is 0 Å². The van der Waals surface area contributed by atoms with Gasteiger partial charge in [0.1, 0.15) is 0 Å². The average Bonchev–Trinajstić information content (AvgIpc) is 3.16. The van der Waals surface area contributed by atoms with Crippen LogP contribution in [0.2, 0.25) is 0 Å². The van der Waals surface area contributed by atoms with Crippen LogP contribution in [-0.2, 0) is 11.2 Å². The fraction of sp³-hybridized carbons (Fsp3) is 0.333. The number of hydrogen-bond acceptors (Lipinski definition) is 9. The predicted molar refractivity (Wildman–Crippen MR) is 132 cm³/mol. The lowest BCUT2D eigenvalue weighted by molar-refractivity contribution is -0.115. The minimum Gasteiger partial charge on any atom is -0.351 e. The van der Waals surface area contributed by atoms with Gasteiger partial charge in [-0.15, -0.1) is 0 Å². The Morgan fingerprint density at radius 3 is 2.56 bits per heavy atom. The summed E-state index contributed by atoms with van der Waals surface area (Å²) >= 11 is 0.883. The van der Waals surface area contributed by atoms with E-state index in [1.807, 2.05) is 6.07 Å². The Morgan fingerprint density at radius 1 is 0.971 bits per heavy atom. The molecule has 5 rings (SSSR count). The van der Waals surface area contributed by atoms with Crippen LogP contribution in [0.4, 0.5) is 10.7 Å². The number of carbonyl (C=O) groups excluding carboxylic acids is 2. The van der Waals surface area contributed by atoms with Crippen molar-refractivity contribution in [3.8, 4) is 0 Å². The van der Waals surface area contributed by atoms with Gasteiger partial charge in [-0.05, 0) is 80.2 Å². The predicted octanol–water partition coefficient (Wildman–Crippen LogP) is 3.30. The first kappa shape index (κ1) is 22.4. The maximum absolute atomic E-state index is 11.7. The van der Waals surface area contributed by atoms with Crippen molar-refractivity contribution >= 4 is 46.0 Å². The van der Waals surface area contributed by atoms with Gasteiger partial charge in [-0.1, -0.05) is 6.07 Å². The van der Waals surface area contributed by atoms with Crippen LogP contribution in [-0.4, -0.2) is 49.7 Å². The Hall–Kier alpha value is -3.37. The van der Waals surface area contributed by atoms with Gasteiger partial charge in [-0.2, -0.15) is 0 Å². The molecular weight excluding hydrogens is 450 g/mol. The lowest BCUT2D eigenvalue weighted by atomic mass is 9.91. The Labute approximate surface area is 201 Å². The second-order valence-electron chi connectivity index (χ2n) is 8.43. The largest absolute Gasteiger partial charge is 0.351 e. The zero-order valence-corrected chi connectivity index (χ0v) is 19.3. The highest BCUT2D eigenvalue weighted by Crippen LogP contribution is 2.25. The summed E-state index contributed by atoms with van der Waals surface area (Å²) in [6, 6.07) is 8.81. The molecule has 1 saturated heterocycles. The van der Waals surface area contributed by atoms with Crippen molar-refractivity contribution in [2.45, 2.75) is 44.2 Å². The molecule has 1 aromatic carbocycles. The molecule has 3 N–H and O–H groups in total. The molecule has 1 aliphatic carbocycles. The number of benzene rings is 1. The number of amides is 2. The van der Waals surface area contributed by atoms with Gasteiger partial charge in [0, 0.05) is 30.7 Å². The smallest absolute Gasteiger partial charge is 0.290 e. The van der Waals surface area contributed by atoms with Gasteiger partial charge in [-0.3, -0.25) is 24.9 Å². The first-order valence-corrected chi connectivity index (χ1v) is 12.2. The van der Waals surface area contributed by atoms with Crippen molar-refractivity contribution in [3.05, 3.63) is 59.0 Å². The number of carbonyl (C=O) groups is 2. The van der Waals surface area contributed by atoms with Crippen LogP contribution >= 0.6 is 11.8 Å². The minimum absolute atomic E-state index is 0.311. The summed E-state index contributed by atoms with van der Waals surface area (Å²) in [5.41, 5.74) is 3.72. The molecule has 0 radical (unpaired) electrons. The number of imide groups is 1. The number of fused-ring (bicyclic) bond motifs is 1. The number of nitrogens with one attached hydrogen (secondary N) is 3. The Kier molecular flexibility index (Phi) is 6.77. The van der Waals surface area contributed by atoms with Crippen molar-refractivity contribution in [1.29, 1.82) is 0 Å². The summed E-state index contributed by atoms with van der Waals surface area (Å²) in [6.45, 7) is 0.933. The summed E-state index contributed by atoms with van der Waals surface area (Å²) in [5, 5.41) is 9.00. The van der Waals surface area contributed by atoms with Crippen LogP contribution in [0.1, 0.15) is 36.9 Å². The lowest BCUT2D eigenvalue weighted by Gasteiger charge is -2.29. The average molecular weight is 476 g/mol. The minimum atomic E-state index is -0.386. The van der Waals surface area contributed by atoms with E-state index in [1.54, 1.807) is 30.7 Å². The monoisotopic (exact) mass is 475 g/mol. The van der Waals surface area contributed by atoms with Crippen molar-refractivity contribution in [1.82, 2.24) is 30.6 Å². The first-order chi connectivity index (χ1) is 16.6. The molecule has 0 spiro atoms. The zero-order chi connectivity index (χ0) is 23.3. The Bertz CT molecular complexity index is 1240. The second kappa shape index (κ2) is 10.3. The van der Waals surface area contributed by atoms with Gasteiger partial charge in [0.2, 0.25) is 5.95 Å². The maximum Gasteiger partial charge on any atom is 0.290 e. The zero-order valence-electron chi connectivity index (χ0n) is 18.5. The van der Waals surface area contributed by atoms with Gasteiger partial charge in [0.15, 0.2) is 0 Å². The third-order valence-electron chi connectivity index (χ3n) is 6.04. The van der Waals surface area contributed by atoms with Crippen LogP contribution < -0.4 is 16.0 Å². The molecule has 34 heavy (non-hydrogen) atoms. The van der Waals surface area contributed by atoms with Crippen molar-refractivity contribution in [2.75, 3.05) is 11.9 Å². The number of anilines is 1. The SMILES string of the molecule is O=C1NC(=O)/C(=C/c2ccnc(NC3CCC(NCCc4ccc5nccnc5c4)CC3)n2)S1. The highest BCUT2D eigenvalue weighted by atomic mass is 32.2. The van der Waals surface area contributed by atoms with Crippen LogP contribution in [0.15, 0.2) is 47.8 Å². The summed E-state index contributed by atoms with van der Waals surface area (Å²) in [4.78, 5) is 40.9. The second-order valence-corrected chi connectivity index (χ2v) is 9.45. The first-order valence-electron chi connectivity index (χ1n) is 11.4. The van der Waals surface area contributed by atoms with Gasteiger partial charge >= 0.3 is 0 Å². The highest BCUT2D eigenvalue weighted by Gasteiger charge is 2.25. The number of nitrogens with zero attached hydrogens (tertiary/aromatic N) is 4. The standard InChI is InChI=1S/C24H25N7O2S/c32-22-21(34-24(33)31-22)14-18-8-10-28-23(30-18)29-17-4-2-16(3-5-17)25-9-7-15-1-6-19-20(13-15)27-12-11-26-19/h1,6,8,10-14,16-17,25H,2-5,7,9H2,(H,28,29,30)(H,31,32,33)/b21-14-. The molecule has 3 aromatic rings. The number of thioether (sulfide) groups is 1. The third kappa shape index (κ3) is 5.57. The summed E-state index contributed by atoms with van der Waals surface area (Å²) in [7, 11) is 0. The van der Waals surface area contributed by atoms with E-state index in [-0.39, 0.29) is 11.1 Å². The Balaban J connectivity index is 1.08. The molecular formula is C24H25N7O2S. The van der Waals surface area contributed by atoms with E-state index < -0.39 is 0 Å². The van der Waals surface area contributed by atoms with Gasteiger partial charge in [0.05, 0.1) is 21.6 Å². The highest BCUT2D eigenvalue weighted by molar-refractivity contribution is 8.18. The molecule has 1 aliphatic heterocycles. The van der Waals surface area contributed by atoms with Gasteiger partial charge < -0.3 is 10.6 Å². The third-order valence-corrected chi connectivity index (χ3v) is 6.85. The molecule has 174 valence electrons. The molecule has 2 fully saturated rings. The summed E-state index contributed by atoms with van der Waals surface area (Å²) in [5.74, 6) is 0.156. The molecule has 3 heterocycles. The number of rotatable bonds is 7. The van der Waals surface area contributed by atoms with Gasteiger partial charge in [-0.25, -0.2) is 9.97 Å². The van der Waals surface area contributed by atoms with Gasteiger partial charge in [0.25, 0.3) is 11.1 Å². The lowest BCUT2D eigenvalue weighted by Crippen LogP contribution is -2.38. The fourth-order valence-electron chi connectivity index (χ4n) is 4.29. The molecule has 0 unspecified atom stereocenters. The molecule has 1 saturated carbocycles. The van der Waals surface area contributed by atoms with Crippen LogP contribution in [0.5, 0.6) is 0 Å². The topological polar surface area (TPSA) is 122 Å². The molecule has 2 amide bonds. The van der Waals surface area contributed by atoms with Crippen LogP contribution in [0, 0.1) is 0 Å². The van der Waals surface area contributed by atoms with E-state index in [4.69, 9.17) is 0 Å².